The van der Waals surface area contributed by atoms with E-state index in [0.717, 1.165) is 51.5 Å². The Balaban J connectivity index is 1.62. The summed E-state index contributed by atoms with van der Waals surface area (Å²) in [6.07, 6.45) is 1.07. The summed E-state index contributed by atoms with van der Waals surface area (Å²) in [5.41, 5.74) is 0.730. The third-order valence-corrected chi connectivity index (χ3v) is 7.24. The van der Waals surface area contributed by atoms with Gasteiger partial charge in [-0.25, -0.2) is 0 Å². The molecule has 1 aromatic rings. The van der Waals surface area contributed by atoms with E-state index in [1.807, 2.05) is 36.1 Å². The number of nitrogens with one attached hydrogen (secondary N) is 1. The third-order valence-electron chi connectivity index (χ3n) is 7.24. The second kappa shape index (κ2) is 9.27. The van der Waals surface area contributed by atoms with Crippen LogP contribution in [0.25, 0.3) is 0 Å². The molecule has 3 heterocycles. The number of likely N-dealkylation sites (N-methyl/N-ethyl adjacent to an activating group) is 1. The minimum atomic E-state index is -0.575. The van der Waals surface area contributed by atoms with Crippen molar-refractivity contribution in [3.05, 3.63) is 29.8 Å². The lowest BCUT2D eigenvalue weighted by Crippen LogP contribution is -2.59. The van der Waals surface area contributed by atoms with Crippen LogP contribution in [0.5, 0.6) is 0 Å². The zero-order chi connectivity index (χ0) is 22.0. The first kappa shape index (κ1) is 22.2. The van der Waals surface area contributed by atoms with Crippen molar-refractivity contribution in [2.45, 2.75) is 32.7 Å². The van der Waals surface area contributed by atoms with Crippen LogP contribution in [0.15, 0.2) is 24.3 Å². The van der Waals surface area contributed by atoms with Crippen LogP contribution >= 0.6 is 0 Å². The summed E-state index contributed by atoms with van der Waals surface area (Å²) < 4.78 is 5.55. The van der Waals surface area contributed by atoms with E-state index in [2.05, 4.69) is 29.0 Å². The quantitative estimate of drug-likeness (QED) is 0.718. The number of para-hydroxylation sites is 1. The van der Waals surface area contributed by atoms with Crippen molar-refractivity contribution in [2.24, 2.45) is 11.8 Å². The van der Waals surface area contributed by atoms with E-state index in [-0.39, 0.29) is 17.7 Å². The number of carbonyl (C=O) groups is 2. The predicted molar refractivity (Wildman–Crippen MR) is 121 cm³/mol. The second-order valence-corrected chi connectivity index (χ2v) is 9.38. The van der Waals surface area contributed by atoms with Gasteiger partial charge in [0.15, 0.2) is 0 Å². The van der Waals surface area contributed by atoms with Gasteiger partial charge in [-0.1, -0.05) is 26.0 Å². The van der Waals surface area contributed by atoms with E-state index in [9.17, 15) is 9.59 Å². The molecule has 1 aromatic carbocycles. The fraction of sp³-hybridized carbons (Fsp3) is 0.667. The number of benzene rings is 1. The van der Waals surface area contributed by atoms with E-state index < -0.39 is 5.54 Å². The maximum Gasteiger partial charge on any atom is 0.253 e. The van der Waals surface area contributed by atoms with Crippen molar-refractivity contribution in [2.75, 3.05) is 63.9 Å². The normalized spacial score (nSPS) is 29.0. The molecule has 0 aliphatic carbocycles. The molecule has 31 heavy (non-hydrogen) atoms. The van der Waals surface area contributed by atoms with Crippen molar-refractivity contribution < 1.29 is 14.3 Å². The van der Waals surface area contributed by atoms with Crippen molar-refractivity contribution in [1.82, 2.24) is 15.1 Å². The summed E-state index contributed by atoms with van der Waals surface area (Å²) in [6, 6.07) is 7.51. The molecule has 3 atom stereocenters. The molecular formula is C24H36N4O3. The van der Waals surface area contributed by atoms with Crippen molar-refractivity contribution in [3.63, 3.8) is 0 Å². The number of hydrogen-bond acceptors (Lipinski definition) is 5. The Morgan fingerprint density at radius 2 is 2.00 bits per heavy atom. The van der Waals surface area contributed by atoms with Crippen LogP contribution in [0.3, 0.4) is 0 Å². The average molecular weight is 429 g/mol. The van der Waals surface area contributed by atoms with Gasteiger partial charge in [-0.15, -0.1) is 0 Å². The predicted octanol–water partition coefficient (Wildman–Crippen LogP) is 1.83. The Morgan fingerprint density at radius 3 is 2.71 bits per heavy atom. The van der Waals surface area contributed by atoms with Gasteiger partial charge >= 0.3 is 0 Å². The standard InChI is InChI=1S/C24H36N4O3/c1-4-26(5-2)11-12-28-21-9-7-6-8-19(21)22(29)25-24(3)17-27(15-20(24)23(28)30)14-18-10-13-31-16-18/h6-9,18,20H,4-5,10-17H2,1-3H3,(H,25,29)/t18-,20-,24-/m0/s1. The van der Waals surface area contributed by atoms with Crippen LogP contribution < -0.4 is 10.2 Å². The fourth-order valence-electron chi connectivity index (χ4n) is 5.35. The number of rotatable bonds is 7. The van der Waals surface area contributed by atoms with Gasteiger partial charge in [0.25, 0.3) is 5.91 Å². The molecule has 7 nitrogen and oxygen atoms in total. The topological polar surface area (TPSA) is 65.1 Å². The highest BCUT2D eigenvalue weighted by molar-refractivity contribution is 6.07. The lowest BCUT2D eigenvalue weighted by molar-refractivity contribution is -0.123. The van der Waals surface area contributed by atoms with Crippen LogP contribution in [-0.4, -0.2) is 86.2 Å². The number of amides is 2. The van der Waals surface area contributed by atoms with Crippen LogP contribution in [0, 0.1) is 11.8 Å². The number of ether oxygens (including phenoxy) is 1. The molecule has 2 saturated heterocycles. The number of carbonyl (C=O) groups excluding carboxylic acids is 2. The first-order chi connectivity index (χ1) is 14.9. The van der Waals surface area contributed by atoms with E-state index >= 15 is 0 Å². The van der Waals surface area contributed by atoms with Gasteiger partial charge in [-0.2, -0.15) is 0 Å². The molecule has 0 saturated carbocycles. The maximum atomic E-state index is 13.9. The smallest absolute Gasteiger partial charge is 0.253 e. The second-order valence-electron chi connectivity index (χ2n) is 9.38. The molecule has 0 bridgehead atoms. The third kappa shape index (κ3) is 4.49. The van der Waals surface area contributed by atoms with E-state index in [1.54, 1.807) is 0 Å². The molecule has 0 unspecified atom stereocenters. The van der Waals surface area contributed by atoms with Crippen molar-refractivity contribution in [3.8, 4) is 0 Å². The number of anilines is 1. The Bertz CT molecular complexity index is 806. The first-order valence-electron chi connectivity index (χ1n) is 11.7. The van der Waals surface area contributed by atoms with Crippen molar-refractivity contribution >= 4 is 17.5 Å². The molecule has 4 rings (SSSR count). The number of fused-ring (bicyclic) bond motifs is 2. The molecule has 0 aromatic heterocycles. The molecule has 0 radical (unpaired) electrons. The molecule has 3 aliphatic heterocycles. The van der Waals surface area contributed by atoms with Gasteiger partial charge in [0.1, 0.15) is 0 Å². The summed E-state index contributed by atoms with van der Waals surface area (Å²) in [7, 11) is 0. The lowest BCUT2D eigenvalue weighted by Gasteiger charge is -2.38. The summed E-state index contributed by atoms with van der Waals surface area (Å²) >= 11 is 0. The fourth-order valence-corrected chi connectivity index (χ4v) is 5.35. The van der Waals surface area contributed by atoms with Gasteiger partial charge in [0.2, 0.25) is 5.91 Å². The summed E-state index contributed by atoms with van der Waals surface area (Å²) in [5.74, 6) is 0.278. The van der Waals surface area contributed by atoms with Gasteiger partial charge in [-0.05, 0) is 44.5 Å². The highest BCUT2D eigenvalue weighted by atomic mass is 16.5. The Hall–Kier alpha value is -1.96. The van der Waals surface area contributed by atoms with Crippen LogP contribution in [-0.2, 0) is 9.53 Å². The Morgan fingerprint density at radius 1 is 1.23 bits per heavy atom. The zero-order valence-electron chi connectivity index (χ0n) is 19.1. The largest absolute Gasteiger partial charge is 0.381 e. The Kier molecular flexibility index (Phi) is 6.65. The number of likely N-dealkylation sites (tertiary alicyclic amines) is 1. The summed E-state index contributed by atoms with van der Waals surface area (Å²) in [5, 5.41) is 3.24. The maximum absolute atomic E-state index is 13.9. The molecule has 1 N–H and O–H groups in total. The van der Waals surface area contributed by atoms with Gasteiger partial charge in [0.05, 0.1) is 29.3 Å². The molecule has 7 heteroatoms. The van der Waals surface area contributed by atoms with Crippen LogP contribution in [0.1, 0.15) is 37.6 Å². The Labute approximate surface area is 185 Å². The van der Waals surface area contributed by atoms with Crippen molar-refractivity contribution in [1.29, 1.82) is 0 Å². The van der Waals surface area contributed by atoms with Gasteiger partial charge < -0.3 is 19.9 Å². The van der Waals surface area contributed by atoms with E-state index in [0.29, 0.717) is 31.1 Å². The molecule has 170 valence electrons. The van der Waals surface area contributed by atoms with Gasteiger partial charge in [-0.3, -0.25) is 14.5 Å². The highest BCUT2D eigenvalue weighted by Crippen LogP contribution is 2.35. The number of hydrogen-bond donors (Lipinski definition) is 1. The highest BCUT2D eigenvalue weighted by Gasteiger charge is 2.51. The summed E-state index contributed by atoms with van der Waals surface area (Å²) in [4.78, 5) is 33.7. The average Bonchev–Trinajstić information content (AvgIpc) is 3.38. The minimum absolute atomic E-state index is 0.0884. The molecule has 3 aliphatic rings. The molecule has 2 fully saturated rings. The minimum Gasteiger partial charge on any atom is -0.381 e. The summed E-state index contributed by atoms with van der Waals surface area (Å²) in [6.45, 7) is 13.5. The first-order valence-corrected chi connectivity index (χ1v) is 11.7. The molecule has 0 spiro atoms. The van der Waals surface area contributed by atoms with Crippen LogP contribution in [0.4, 0.5) is 5.69 Å². The van der Waals surface area contributed by atoms with E-state index in [4.69, 9.17) is 4.74 Å². The monoisotopic (exact) mass is 428 g/mol. The van der Waals surface area contributed by atoms with E-state index in [1.165, 1.54) is 0 Å². The SMILES string of the molecule is CCN(CC)CCN1C(=O)[C@@H]2CN(C[C@@H]3CCOC3)C[C@]2(C)NC(=O)c2ccccc21. The zero-order valence-corrected chi connectivity index (χ0v) is 19.1. The van der Waals surface area contributed by atoms with Gasteiger partial charge in [0, 0.05) is 39.3 Å². The molecule has 2 amide bonds. The van der Waals surface area contributed by atoms with Crippen LogP contribution in [0.2, 0.25) is 0 Å². The lowest BCUT2D eigenvalue weighted by atomic mass is 9.86. The molecular weight excluding hydrogens is 392 g/mol. The number of nitrogens with zero attached hydrogens (tertiary/aromatic N) is 3.